The molecule has 0 aromatic heterocycles. The van der Waals surface area contributed by atoms with Crippen LogP contribution in [-0.2, 0) is 19.0 Å². The quantitative estimate of drug-likeness (QED) is 0.134. The molecule has 31 heavy (non-hydrogen) atoms. The minimum atomic E-state index is -0.619. The van der Waals surface area contributed by atoms with Crippen LogP contribution in [0.2, 0.25) is 0 Å². The largest absolute Gasteiger partial charge is 0.466 e. The lowest BCUT2D eigenvalue weighted by molar-refractivity contribution is -0.171. The van der Waals surface area contributed by atoms with Crippen LogP contribution < -0.4 is 0 Å². The van der Waals surface area contributed by atoms with Crippen LogP contribution in [0, 0.1) is 5.92 Å². The molecule has 1 heterocycles. The molecule has 0 aromatic carbocycles. The van der Waals surface area contributed by atoms with Crippen molar-refractivity contribution in [1.82, 2.24) is 0 Å². The Morgan fingerprint density at radius 2 is 1.16 bits per heavy atom. The van der Waals surface area contributed by atoms with Crippen LogP contribution >= 0.6 is 0 Å². The summed E-state index contributed by atoms with van der Waals surface area (Å²) >= 11 is 0. The van der Waals surface area contributed by atoms with Gasteiger partial charge in [-0.2, -0.15) is 0 Å². The molecule has 0 N–H and O–H groups in total. The minimum Gasteiger partial charge on any atom is -0.466 e. The van der Waals surface area contributed by atoms with E-state index in [0.717, 1.165) is 12.8 Å². The van der Waals surface area contributed by atoms with Crippen LogP contribution in [0.25, 0.3) is 0 Å². The van der Waals surface area contributed by atoms with Gasteiger partial charge in [-0.15, -0.1) is 0 Å². The number of carbonyl (C=O) groups excluding carboxylic acids is 1. The minimum absolute atomic E-state index is 0.0937. The molecule has 4 nitrogen and oxygen atoms in total. The summed E-state index contributed by atoms with van der Waals surface area (Å²) in [6.07, 6.45) is 23.3. The van der Waals surface area contributed by atoms with Crippen LogP contribution in [0.4, 0.5) is 0 Å². The highest BCUT2D eigenvalue weighted by atomic mass is 16.7. The van der Waals surface area contributed by atoms with E-state index in [9.17, 15) is 4.79 Å². The van der Waals surface area contributed by atoms with E-state index in [1.54, 1.807) is 0 Å². The molecule has 1 atom stereocenters. The van der Waals surface area contributed by atoms with Crippen LogP contribution in [0.5, 0.6) is 0 Å². The molecule has 1 unspecified atom stereocenters. The van der Waals surface area contributed by atoms with Crippen molar-refractivity contribution < 1.29 is 19.0 Å². The zero-order valence-electron chi connectivity index (χ0n) is 21.1. The standard InChI is InChI=1S/C27H52O4/c1-4-6-7-8-9-10-11-12-13-14-15-16-17-18-19-20-21-25(26(28)29-5-2)24-27(3)30-22-23-31-27/h25H,4-24H2,1-3H3. The molecule has 1 aliphatic rings. The third-order valence-electron chi connectivity index (χ3n) is 6.54. The molecule has 0 radical (unpaired) electrons. The van der Waals surface area contributed by atoms with Crippen LogP contribution in [0.15, 0.2) is 0 Å². The molecular formula is C27H52O4. The Balaban J connectivity index is 1.96. The molecule has 0 bridgehead atoms. The normalized spacial score (nSPS) is 16.5. The molecule has 0 aromatic rings. The fraction of sp³-hybridized carbons (Fsp3) is 0.963. The van der Waals surface area contributed by atoms with Crippen LogP contribution in [0.3, 0.4) is 0 Å². The van der Waals surface area contributed by atoms with Gasteiger partial charge in [0, 0.05) is 6.42 Å². The van der Waals surface area contributed by atoms with E-state index in [4.69, 9.17) is 14.2 Å². The van der Waals surface area contributed by atoms with Crippen molar-refractivity contribution in [3.8, 4) is 0 Å². The molecule has 4 heteroatoms. The fourth-order valence-corrected chi connectivity index (χ4v) is 4.62. The van der Waals surface area contributed by atoms with Crippen LogP contribution in [0.1, 0.15) is 136 Å². The average molecular weight is 441 g/mol. The van der Waals surface area contributed by atoms with Gasteiger partial charge in [0.15, 0.2) is 5.79 Å². The van der Waals surface area contributed by atoms with Crippen LogP contribution in [-0.4, -0.2) is 31.6 Å². The molecule has 184 valence electrons. The molecule has 1 rings (SSSR count). The van der Waals surface area contributed by atoms with Crippen molar-refractivity contribution in [2.24, 2.45) is 5.92 Å². The molecule has 0 aliphatic carbocycles. The van der Waals surface area contributed by atoms with E-state index >= 15 is 0 Å². The SMILES string of the molecule is CCCCCCCCCCCCCCCCCCC(CC1(C)OCCO1)C(=O)OCC. The van der Waals surface area contributed by atoms with Gasteiger partial charge in [0.25, 0.3) is 0 Å². The molecule has 0 amide bonds. The highest BCUT2D eigenvalue weighted by molar-refractivity contribution is 5.72. The van der Waals surface area contributed by atoms with Crippen molar-refractivity contribution in [2.45, 2.75) is 142 Å². The number of ether oxygens (including phenoxy) is 3. The molecule has 1 aliphatic heterocycles. The van der Waals surface area contributed by atoms with Gasteiger partial charge in [0.05, 0.1) is 25.7 Å². The first-order valence-electron chi connectivity index (χ1n) is 13.6. The van der Waals surface area contributed by atoms with Gasteiger partial charge in [-0.05, 0) is 20.3 Å². The summed E-state index contributed by atoms with van der Waals surface area (Å²) in [6.45, 7) is 7.77. The maximum atomic E-state index is 12.3. The van der Waals surface area contributed by atoms with E-state index in [0.29, 0.717) is 26.2 Å². The van der Waals surface area contributed by atoms with Crippen molar-refractivity contribution in [3.05, 3.63) is 0 Å². The van der Waals surface area contributed by atoms with E-state index in [1.165, 1.54) is 96.3 Å². The first-order chi connectivity index (χ1) is 15.1. The molecule has 0 spiro atoms. The van der Waals surface area contributed by atoms with Gasteiger partial charge in [0.2, 0.25) is 0 Å². The van der Waals surface area contributed by atoms with Crippen molar-refractivity contribution in [2.75, 3.05) is 19.8 Å². The Hall–Kier alpha value is -0.610. The summed E-state index contributed by atoms with van der Waals surface area (Å²) in [5.74, 6) is -0.828. The Labute approximate surface area is 193 Å². The lowest BCUT2D eigenvalue weighted by atomic mass is 9.93. The maximum Gasteiger partial charge on any atom is 0.309 e. The Bertz CT molecular complexity index is 417. The third kappa shape index (κ3) is 15.0. The van der Waals surface area contributed by atoms with Gasteiger partial charge >= 0.3 is 5.97 Å². The van der Waals surface area contributed by atoms with Gasteiger partial charge in [-0.25, -0.2) is 0 Å². The van der Waals surface area contributed by atoms with Crippen molar-refractivity contribution in [1.29, 1.82) is 0 Å². The summed E-state index contributed by atoms with van der Waals surface area (Å²) in [5.41, 5.74) is 0. The molecule has 1 saturated heterocycles. The molecule has 0 saturated carbocycles. The van der Waals surface area contributed by atoms with Gasteiger partial charge in [-0.1, -0.05) is 110 Å². The summed E-state index contributed by atoms with van der Waals surface area (Å²) in [5, 5.41) is 0. The summed E-state index contributed by atoms with van der Waals surface area (Å²) in [4.78, 5) is 12.3. The summed E-state index contributed by atoms with van der Waals surface area (Å²) in [6, 6.07) is 0. The summed E-state index contributed by atoms with van der Waals surface area (Å²) in [7, 11) is 0. The number of esters is 1. The first kappa shape index (κ1) is 28.4. The maximum absolute atomic E-state index is 12.3. The van der Waals surface area contributed by atoms with Crippen molar-refractivity contribution in [3.63, 3.8) is 0 Å². The first-order valence-corrected chi connectivity index (χ1v) is 13.6. The predicted octanol–water partition coefficient (Wildman–Crippen LogP) is 7.97. The van der Waals surface area contributed by atoms with Crippen molar-refractivity contribution >= 4 is 5.97 Å². The van der Waals surface area contributed by atoms with Gasteiger partial charge in [-0.3, -0.25) is 4.79 Å². The zero-order chi connectivity index (χ0) is 22.6. The second-order valence-corrected chi connectivity index (χ2v) is 9.58. The monoisotopic (exact) mass is 440 g/mol. The lowest BCUT2D eigenvalue weighted by Gasteiger charge is -2.26. The Morgan fingerprint density at radius 1 is 0.742 bits per heavy atom. The lowest BCUT2D eigenvalue weighted by Crippen LogP contribution is -2.32. The second-order valence-electron chi connectivity index (χ2n) is 9.58. The number of hydrogen-bond acceptors (Lipinski definition) is 4. The third-order valence-corrected chi connectivity index (χ3v) is 6.54. The number of carbonyl (C=O) groups is 1. The van der Waals surface area contributed by atoms with Gasteiger partial charge in [0.1, 0.15) is 0 Å². The number of unbranched alkanes of at least 4 members (excludes halogenated alkanes) is 15. The predicted molar refractivity (Wildman–Crippen MR) is 129 cm³/mol. The van der Waals surface area contributed by atoms with E-state index in [1.807, 2.05) is 13.8 Å². The van der Waals surface area contributed by atoms with E-state index in [2.05, 4.69) is 6.92 Å². The smallest absolute Gasteiger partial charge is 0.309 e. The highest BCUT2D eigenvalue weighted by Gasteiger charge is 2.36. The van der Waals surface area contributed by atoms with E-state index < -0.39 is 5.79 Å². The zero-order valence-corrected chi connectivity index (χ0v) is 21.1. The van der Waals surface area contributed by atoms with Gasteiger partial charge < -0.3 is 14.2 Å². The molecular weight excluding hydrogens is 388 g/mol. The Morgan fingerprint density at radius 3 is 1.58 bits per heavy atom. The average Bonchev–Trinajstić information content (AvgIpc) is 3.19. The Kier molecular flexibility index (Phi) is 17.3. The van der Waals surface area contributed by atoms with E-state index in [-0.39, 0.29) is 11.9 Å². The molecule has 1 fully saturated rings. The number of hydrogen-bond donors (Lipinski definition) is 0. The fourth-order valence-electron chi connectivity index (χ4n) is 4.62. The summed E-state index contributed by atoms with van der Waals surface area (Å²) < 4.78 is 16.7. The highest BCUT2D eigenvalue weighted by Crippen LogP contribution is 2.30. The number of rotatable bonds is 21. The second kappa shape index (κ2) is 18.9. The topological polar surface area (TPSA) is 44.8 Å².